The molecular formula is C27H22F3N5O4S. The smallest absolute Gasteiger partial charge is 0.335 e. The number of alkyl halides is 3. The van der Waals surface area contributed by atoms with Gasteiger partial charge in [-0.25, -0.2) is 8.42 Å². The zero-order chi connectivity index (χ0) is 28.5. The molecule has 40 heavy (non-hydrogen) atoms. The number of anilines is 1. The molecule has 0 atom stereocenters. The number of piperazine rings is 1. The number of nitrogens with one attached hydrogen (secondary N) is 1. The number of pyridine rings is 2. The van der Waals surface area contributed by atoms with Gasteiger partial charge in [-0.15, -0.1) is 0 Å². The lowest BCUT2D eigenvalue weighted by atomic mass is 10.1. The summed E-state index contributed by atoms with van der Waals surface area (Å²) in [6.45, 7) is 0.801. The first-order valence-electron chi connectivity index (χ1n) is 12.1. The van der Waals surface area contributed by atoms with Crippen molar-refractivity contribution in [3.05, 3.63) is 95.9 Å². The summed E-state index contributed by atoms with van der Waals surface area (Å²) in [4.78, 5) is 36.5. The van der Waals surface area contributed by atoms with Gasteiger partial charge in [0.05, 0.1) is 11.1 Å². The first kappa shape index (κ1) is 27.1. The number of halogens is 3. The first-order chi connectivity index (χ1) is 19.0. The highest BCUT2D eigenvalue weighted by Gasteiger charge is 2.32. The SMILES string of the molecule is O=C(c1ccc(NS(=O)(=O)c2cccc3cccnc23)cc1)N1CCN(C(=O)c2ccc(C(F)(F)F)cn2)CC1. The molecule has 3 heterocycles. The minimum atomic E-state index is -4.54. The predicted molar refractivity (Wildman–Crippen MR) is 140 cm³/mol. The molecule has 4 aromatic rings. The lowest BCUT2D eigenvalue weighted by molar-refractivity contribution is -0.137. The first-order valence-corrected chi connectivity index (χ1v) is 13.6. The lowest BCUT2D eigenvalue weighted by Crippen LogP contribution is -2.50. The average Bonchev–Trinajstić information content (AvgIpc) is 2.96. The number of benzene rings is 2. The highest BCUT2D eigenvalue weighted by molar-refractivity contribution is 7.93. The van der Waals surface area contributed by atoms with Gasteiger partial charge in [0, 0.05) is 55.2 Å². The van der Waals surface area contributed by atoms with Crippen molar-refractivity contribution < 1.29 is 31.2 Å². The number of rotatable bonds is 5. The van der Waals surface area contributed by atoms with Crippen molar-refractivity contribution in [3.8, 4) is 0 Å². The molecule has 1 saturated heterocycles. The van der Waals surface area contributed by atoms with E-state index in [9.17, 15) is 31.2 Å². The van der Waals surface area contributed by atoms with E-state index < -0.39 is 27.7 Å². The van der Waals surface area contributed by atoms with Crippen LogP contribution in [0.2, 0.25) is 0 Å². The topological polar surface area (TPSA) is 113 Å². The van der Waals surface area contributed by atoms with Crippen LogP contribution >= 0.6 is 0 Å². The summed E-state index contributed by atoms with van der Waals surface area (Å²) in [5.74, 6) is -0.814. The molecule has 13 heteroatoms. The van der Waals surface area contributed by atoms with Crippen LogP contribution < -0.4 is 4.72 Å². The molecule has 2 aromatic carbocycles. The Bertz CT molecular complexity index is 1660. The van der Waals surface area contributed by atoms with Gasteiger partial charge in [-0.1, -0.05) is 18.2 Å². The molecule has 206 valence electrons. The Labute approximate surface area is 227 Å². The average molecular weight is 570 g/mol. The van der Waals surface area contributed by atoms with E-state index in [1.54, 1.807) is 29.2 Å². The van der Waals surface area contributed by atoms with Crippen LogP contribution in [0.1, 0.15) is 26.4 Å². The van der Waals surface area contributed by atoms with Gasteiger partial charge in [0.2, 0.25) is 0 Å². The van der Waals surface area contributed by atoms with Crippen molar-refractivity contribution in [1.82, 2.24) is 19.8 Å². The maximum absolute atomic E-state index is 13.0. The Morgan fingerprint density at radius 3 is 2.08 bits per heavy atom. The number of hydrogen-bond acceptors (Lipinski definition) is 6. The third-order valence-electron chi connectivity index (χ3n) is 6.43. The summed E-state index contributed by atoms with van der Waals surface area (Å²) in [6.07, 6.45) is -2.41. The standard InChI is InChI=1S/C27H22F3N5O4S/c28-27(29,30)20-8-11-22(32-17-20)26(37)35-15-13-34(14-16-35)25(36)19-6-9-21(10-7-19)33-40(38,39)23-5-1-3-18-4-2-12-31-24(18)23/h1-12,17,33H,13-16H2. The van der Waals surface area contributed by atoms with E-state index in [1.165, 1.54) is 41.4 Å². The molecule has 2 aromatic heterocycles. The van der Waals surface area contributed by atoms with Gasteiger partial charge in [-0.2, -0.15) is 13.2 Å². The quantitative estimate of drug-likeness (QED) is 0.388. The number of amides is 2. The molecular weight excluding hydrogens is 547 g/mol. The molecule has 1 fully saturated rings. The molecule has 0 saturated carbocycles. The fourth-order valence-electron chi connectivity index (χ4n) is 4.33. The van der Waals surface area contributed by atoms with Gasteiger partial charge in [0.15, 0.2) is 0 Å². The maximum atomic E-state index is 13.0. The Balaban J connectivity index is 1.20. The van der Waals surface area contributed by atoms with Crippen LogP contribution in [0.3, 0.4) is 0 Å². The third-order valence-corrected chi connectivity index (χ3v) is 7.85. The van der Waals surface area contributed by atoms with Crippen molar-refractivity contribution in [2.24, 2.45) is 0 Å². The van der Waals surface area contributed by atoms with E-state index in [1.807, 2.05) is 0 Å². The number of carbonyl (C=O) groups is 2. The van der Waals surface area contributed by atoms with Gasteiger partial charge < -0.3 is 9.80 Å². The molecule has 9 nitrogen and oxygen atoms in total. The van der Waals surface area contributed by atoms with Crippen LogP contribution in [0.25, 0.3) is 10.9 Å². The van der Waals surface area contributed by atoms with E-state index in [0.717, 1.165) is 12.1 Å². The largest absolute Gasteiger partial charge is 0.417 e. The van der Waals surface area contributed by atoms with Crippen molar-refractivity contribution in [2.75, 3.05) is 30.9 Å². The van der Waals surface area contributed by atoms with E-state index in [0.29, 0.717) is 22.7 Å². The monoisotopic (exact) mass is 569 g/mol. The number of carbonyl (C=O) groups excluding carboxylic acids is 2. The van der Waals surface area contributed by atoms with Crippen LogP contribution in [-0.4, -0.2) is 66.2 Å². The van der Waals surface area contributed by atoms with Crippen LogP contribution in [0.4, 0.5) is 18.9 Å². The van der Waals surface area contributed by atoms with Crippen molar-refractivity contribution in [2.45, 2.75) is 11.1 Å². The number of sulfonamides is 1. The van der Waals surface area contributed by atoms with Gasteiger partial charge in [0.1, 0.15) is 10.6 Å². The Morgan fingerprint density at radius 1 is 0.800 bits per heavy atom. The van der Waals surface area contributed by atoms with Crippen LogP contribution in [0.5, 0.6) is 0 Å². The van der Waals surface area contributed by atoms with Crippen molar-refractivity contribution in [1.29, 1.82) is 0 Å². The summed E-state index contributed by atoms with van der Waals surface area (Å²) >= 11 is 0. The molecule has 1 aliphatic heterocycles. The second-order valence-corrected chi connectivity index (χ2v) is 10.7. The zero-order valence-corrected chi connectivity index (χ0v) is 21.6. The van der Waals surface area contributed by atoms with E-state index >= 15 is 0 Å². The molecule has 2 amide bonds. The van der Waals surface area contributed by atoms with Gasteiger partial charge >= 0.3 is 6.18 Å². The highest BCUT2D eigenvalue weighted by atomic mass is 32.2. The van der Waals surface area contributed by atoms with Crippen molar-refractivity contribution >= 4 is 38.4 Å². The van der Waals surface area contributed by atoms with Crippen LogP contribution in [0, 0.1) is 0 Å². The number of fused-ring (bicyclic) bond motifs is 1. The van der Waals surface area contributed by atoms with Gasteiger partial charge in [0.25, 0.3) is 21.8 Å². The Morgan fingerprint density at radius 2 is 1.45 bits per heavy atom. The maximum Gasteiger partial charge on any atom is 0.417 e. The number of hydrogen-bond donors (Lipinski definition) is 1. The summed E-state index contributed by atoms with van der Waals surface area (Å²) in [5.41, 5.74) is -0.104. The Hall–Kier alpha value is -4.52. The number of nitrogens with zero attached hydrogens (tertiary/aromatic N) is 4. The molecule has 1 N–H and O–H groups in total. The molecule has 0 spiro atoms. The molecule has 1 aliphatic rings. The van der Waals surface area contributed by atoms with Crippen molar-refractivity contribution in [3.63, 3.8) is 0 Å². The summed E-state index contributed by atoms with van der Waals surface area (Å²) in [6, 6.07) is 16.2. The molecule has 5 rings (SSSR count). The Kier molecular flexibility index (Phi) is 7.15. The summed E-state index contributed by atoms with van der Waals surface area (Å²) in [5, 5.41) is 0.684. The lowest BCUT2D eigenvalue weighted by Gasteiger charge is -2.34. The molecule has 0 bridgehead atoms. The van der Waals surface area contributed by atoms with Gasteiger partial charge in [-0.3, -0.25) is 24.3 Å². The highest BCUT2D eigenvalue weighted by Crippen LogP contribution is 2.28. The van der Waals surface area contributed by atoms with Gasteiger partial charge in [-0.05, 0) is 48.5 Å². The second-order valence-electron chi connectivity index (χ2n) is 9.03. The number of para-hydroxylation sites is 1. The zero-order valence-electron chi connectivity index (χ0n) is 20.8. The molecule has 0 radical (unpaired) electrons. The normalized spacial score (nSPS) is 14.3. The third kappa shape index (κ3) is 5.59. The minimum Gasteiger partial charge on any atom is -0.335 e. The summed E-state index contributed by atoms with van der Waals surface area (Å²) in [7, 11) is -3.95. The molecule has 0 aliphatic carbocycles. The van der Waals surface area contributed by atoms with E-state index in [2.05, 4.69) is 14.7 Å². The van der Waals surface area contributed by atoms with E-state index in [4.69, 9.17) is 0 Å². The fraction of sp³-hybridized carbons (Fsp3) is 0.185. The van der Waals surface area contributed by atoms with Crippen LogP contribution in [-0.2, 0) is 16.2 Å². The molecule has 0 unspecified atom stereocenters. The predicted octanol–water partition coefficient (Wildman–Crippen LogP) is 4.05. The summed E-state index contributed by atoms with van der Waals surface area (Å²) < 4.78 is 66.8. The van der Waals surface area contributed by atoms with E-state index in [-0.39, 0.29) is 48.4 Å². The van der Waals surface area contributed by atoms with Crippen LogP contribution in [0.15, 0.2) is 84.0 Å². The fourth-order valence-corrected chi connectivity index (χ4v) is 5.57. The number of aromatic nitrogens is 2. The second kappa shape index (κ2) is 10.6. The minimum absolute atomic E-state index is 0.0321.